The van der Waals surface area contributed by atoms with Crippen LogP contribution in [0, 0.1) is 5.92 Å². The molecule has 0 unspecified atom stereocenters. The van der Waals surface area contributed by atoms with Gasteiger partial charge in [0.05, 0.1) is 7.11 Å². The van der Waals surface area contributed by atoms with Crippen LogP contribution in [0.5, 0.6) is 0 Å². The van der Waals surface area contributed by atoms with E-state index in [4.69, 9.17) is 0 Å². The molecule has 0 spiro atoms. The Morgan fingerprint density at radius 1 is 1.14 bits per heavy atom. The first-order valence-corrected chi connectivity index (χ1v) is 7.14. The van der Waals surface area contributed by atoms with Crippen molar-refractivity contribution < 1.29 is 19.1 Å². The van der Waals surface area contributed by atoms with Crippen molar-refractivity contribution in [3.8, 4) is 0 Å². The van der Waals surface area contributed by atoms with Crippen LogP contribution in [0.3, 0.4) is 0 Å². The first-order valence-electron chi connectivity index (χ1n) is 7.14. The van der Waals surface area contributed by atoms with Crippen molar-refractivity contribution >= 4 is 17.8 Å². The zero-order valence-electron chi connectivity index (χ0n) is 13.1. The molecule has 120 valence electrons. The Hall–Kier alpha value is -2.37. The summed E-state index contributed by atoms with van der Waals surface area (Å²) in [5, 5.41) is 5.17. The Morgan fingerprint density at radius 2 is 1.77 bits per heavy atom. The van der Waals surface area contributed by atoms with Gasteiger partial charge in [0.2, 0.25) is 5.91 Å². The van der Waals surface area contributed by atoms with E-state index in [-0.39, 0.29) is 18.4 Å². The number of ether oxygens (including phenoxy) is 1. The number of esters is 1. The van der Waals surface area contributed by atoms with E-state index in [1.165, 1.54) is 7.11 Å². The average Bonchev–Trinajstić information content (AvgIpc) is 2.51. The number of benzene rings is 1. The van der Waals surface area contributed by atoms with Crippen molar-refractivity contribution in [2.24, 2.45) is 5.92 Å². The van der Waals surface area contributed by atoms with Gasteiger partial charge in [-0.05, 0) is 24.5 Å². The predicted molar refractivity (Wildman–Crippen MR) is 82.2 cm³/mol. The van der Waals surface area contributed by atoms with Gasteiger partial charge in [0, 0.05) is 5.56 Å². The highest BCUT2D eigenvalue weighted by atomic mass is 16.5. The summed E-state index contributed by atoms with van der Waals surface area (Å²) in [5.41, 5.74) is 0.483. The number of amides is 2. The van der Waals surface area contributed by atoms with Crippen LogP contribution in [0.25, 0.3) is 0 Å². The third-order valence-electron chi connectivity index (χ3n) is 3.00. The van der Waals surface area contributed by atoms with Crippen LogP contribution in [-0.4, -0.2) is 37.5 Å². The number of hydrogen-bond acceptors (Lipinski definition) is 4. The van der Waals surface area contributed by atoms with Crippen LogP contribution in [0.4, 0.5) is 0 Å². The van der Waals surface area contributed by atoms with Gasteiger partial charge in [-0.25, -0.2) is 0 Å². The molecule has 0 saturated carbocycles. The quantitative estimate of drug-likeness (QED) is 0.739. The lowest BCUT2D eigenvalue weighted by atomic mass is 10.0. The summed E-state index contributed by atoms with van der Waals surface area (Å²) < 4.78 is 4.47. The number of nitrogens with one attached hydrogen (secondary N) is 2. The van der Waals surface area contributed by atoms with Crippen LogP contribution < -0.4 is 10.6 Å². The molecule has 22 heavy (non-hydrogen) atoms. The molecule has 0 radical (unpaired) electrons. The van der Waals surface area contributed by atoms with Gasteiger partial charge in [0.15, 0.2) is 0 Å². The van der Waals surface area contributed by atoms with Crippen molar-refractivity contribution in [2.45, 2.75) is 26.3 Å². The molecule has 6 nitrogen and oxygen atoms in total. The molecule has 0 aliphatic rings. The van der Waals surface area contributed by atoms with Gasteiger partial charge in [0.1, 0.15) is 12.6 Å². The molecular weight excluding hydrogens is 284 g/mol. The number of carbonyl (C=O) groups is 3. The zero-order chi connectivity index (χ0) is 16.5. The fourth-order valence-corrected chi connectivity index (χ4v) is 1.89. The van der Waals surface area contributed by atoms with Gasteiger partial charge in [-0.3, -0.25) is 14.4 Å². The average molecular weight is 306 g/mol. The highest BCUT2D eigenvalue weighted by Crippen LogP contribution is 2.07. The van der Waals surface area contributed by atoms with E-state index >= 15 is 0 Å². The fourth-order valence-electron chi connectivity index (χ4n) is 1.89. The number of carbonyl (C=O) groups excluding carboxylic acids is 3. The van der Waals surface area contributed by atoms with Gasteiger partial charge < -0.3 is 15.4 Å². The Bertz CT molecular complexity index is 514. The first kappa shape index (κ1) is 17.7. The van der Waals surface area contributed by atoms with Crippen molar-refractivity contribution in [2.75, 3.05) is 13.7 Å². The van der Waals surface area contributed by atoms with Crippen LogP contribution in [0.15, 0.2) is 30.3 Å². The Labute approximate surface area is 130 Å². The fraction of sp³-hybridized carbons (Fsp3) is 0.438. The molecule has 0 aliphatic carbocycles. The molecule has 1 aromatic carbocycles. The van der Waals surface area contributed by atoms with Crippen molar-refractivity contribution in [3.63, 3.8) is 0 Å². The van der Waals surface area contributed by atoms with E-state index in [2.05, 4.69) is 15.4 Å². The molecule has 1 atom stereocenters. The minimum absolute atomic E-state index is 0.213. The van der Waals surface area contributed by atoms with Crippen molar-refractivity contribution in [1.82, 2.24) is 10.6 Å². The highest BCUT2D eigenvalue weighted by Gasteiger charge is 2.22. The molecule has 0 fully saturated rings. The molecule has 0 aliphatic heterocycles. The third-order valence-corrected chi connectivity index (χ3v) is 3.00. The molecule has 0 bridgehead atoms. The van der Waals surface area contributed by atoms with E-state index in [9.17, 15) is 14.4 Å². The Kier molecular flexibility index (Phi) is 7.08. The predicted octanol–water partition coefficient (Wildman–Crippen LogP) is 1.12. The van der Waals surface area contributed by atoms with Crippen molar-refractivity contribution in [1.29, 1.82) is 0 Å². The summed E-state index contributed by atoms with van der Waals surface area (Å²) in [5.74, 6) is -1.04. The second kappa shape index (κ2) is 8.81. The summed E-state index contributed by atoms with van der Waals surface area (Å²) in [6, 6.07) is 7.97. The van der Waals surface area contributed by atoms with Crippen LogP contribution in [-0.2, 0) is 14.3 Å². The van der Waals surface area contributed by atoms with Gasteiger partial charge in [0.25, 0.3) is 5.91 Å². The zero-order valence-corrected chi connectivity index (χ0v) is 13.1. The van der Waals surface area contributed by atoms with Crippen LogP contribution in [0.2, 0.25) is 0 Å². The van der Waals surface area contributed by atoms with Gasteiger partial charge in [-0.2, -0.15) is 0 Å². The second-order valence-electron chi connectivity index (χ2n) is 5.32. The molecule has 1 aromatic rings. The van der Waals surface area contributed by atoms with E-state index in [1.807, 2.05) is 19.9 Å². The summed E-state index contributed by atoms with van der Waals surface area (Å²) in [6.45, 7) is 3.69. The number of rotatable bonds is 7. The standard InChI is InChI=1S/C16H22N2O4/c1-11(2)9-13(16(21)17-10-14(19)22-3)18-15(20)12-7-5-4-6-8-12/h4-8,11,13H,9-10H2,1-3H3,(H,17,21)(H,18,20)/t13-/m0/s1. The molecule has 1 rings (SSSR count). The van der Waals surface area contributed by atoms with Gasteiger partial charge in [-0.1, -0.05) is 32.0 Å². The van der Waals surface area contributed by atoms with Crippen LogP contribution in [0.1, 0.15) is 30.6 Å². The molecule has 0 saturated heterocycles. The second-order valence-corrected chi connectivity index (χ2v) is 5.32. The molecule has 2 N–H and O–H groups in total. The summed E-state index contributed by atoms with van der Waals surface area (Å²) in [4.78, 5) is 35.4. The summed E-state index contributed by atoms with van der Waals surface area (Å²) in [7, 11) is 1.25. The van der Waals surface area contributed by atoms with E-state index in [0.717, 1.165) is 0 Å². The Balaban J connectivity index is 2.69. The topological polar surface area (TPSA) is 84.5 Å². The number of methoxy groups -OCH3 is 1. The minimum Gasteiger partial charge on any atom is -0.468 e. The molecule has 0 heterocycles. The van der Waals surface area contributed by atoms with Gasteiger partial charge >= 0.3 is 5.97 Å². The third kappa shape index (κ3) is 5.95. The van der Waals surface area contributed by atoms with Crippen LogP contribution >= 0.6 is 0 Å². The van der Waals surface area contributed by atoms with Gasteiger partial charge in [-0.15, -0.1) is 0 Å². The Morgan fingerprint density at radius 3 is 2.32 bits per heavy atom. The molecule has 6 heteroatoms. The van der Waals surface area contributed by atoms with E-state index < -0.39 is 17.9 Å². The lowest BCUT2D eigenvalue weighted by Gasteiger charge is -2.20. The first-order chi connectivity index (χ1) is 10.4. The normalized spacial score (nSPS) is 11.6. The maximum absolute atomic E-state index is 12.2. The maximum atomic E-state index is 12.2. The lowest BCUT2D eigenvalue weighted by molar-refractivity contribution is -0.141. The molecule has 2 amide bonds. The monoisotopic (exact) mass is 306 g/mol. The van der Waals surface area contributed by atoms with E-state index in [1.54, 1.807) is 24.3 Å². The minimum atomic E-state index is -0.697. The largest absolute Gasteiger partial charge is 0.468 e. The summed E-state index contributed by atoms with van der Waals surface area (Å²) >= 11 is 0. The SMILES string of the molecule is COC(=O)CNC(=O)[C@H](CC(C)C)NC(=O)c1ccccc1. The molecule has 0 aromatic heterocycles. The van der Waals surface area contributed by atoms with Crippen molar-refractivity contribution in [3.05, 3.63) is 35.9 Å². The summed E-state index contributed by atoms with van der Waals surface area (Å²) in [6.07, 6.45) is 0.478. The lowest BCUT2D eigenvalue weighted by Crippen LogP contribution is -2.48. The number of hydrogen-bond donors (Lipinski definition) is 2. The smallest absolute Gasteiger partial charge is 0.325 e. The van der Waals surface area contributed by atoms with E-state index in [0.29, 0.717) is 12.0 Å². The maximum Gasteiger partial charge on any atom is 0.325 e. The highest BCUT2D eigenvalue weighted by molar-refractivity contribution is 5.97. The molecular formula is C16H22N2O4.